The summed E-state index contributed by atoms with van der Waals surface area (Å²) in [5.74, 6) is -1.28. The van der Waals surface area contributed by atoms with Gasteiger partial charge in [-0.2, -0.15) is 0 Å². The summed E-state index contributed by atoms with van der Waals surface area (Å²) in [7, 11) is 0. The Labute approximate surface area is 148 Å². The van der Waals surface area contributed by atoms with Crippen molar-refractivity contribution in [1.29, 1.82) is 0 Å². The number of benzene rings is 2. The van der Waals surface area contributed by atoms with Crippen molar-refractivity contribution in [2.75, 3.05) is 6.54 Å². The van der Waals surface area contributed by atoms with Gasteiger partial charge in [0, 0.05) is 23.4 Å². The van der Waals surface area contributed by atoms with Crippen LogP contribution in [-0.4, -0.2) is 17.4 Å². The Kier molecular flexibility index (Phi) is 5.19. The van der Waals surface area contributed by atoms with Crippen LogP contribution in [0.4, 0.5) is 8.78 Å². The molecule has 0 saturated carbocycles. The van der Waals surface area contributed by atoms with E-state index in [1.54, 1.807) is 18.2 Å². The molecule has 0 atom stereocenters. The zero-order chi connectivity index (χ0) is 17.8. The number of thiazole rings is 1. The van der Waals surface area contributed by atoms with Gasteiger partial charge in [-0.15, -0.1) is 11.3 Å². The minimum absolute atomic E-state index is 0.0315. The van der Waals surface area contributed by atoms with Crippen molar-refractivity contribution in [2.24, 2.45) is 0 Å². The number of halogens is 2. The number of carbonyl (C=O) groups is 1. The number of hydrogen-bond acceptors (Lipinski definition) is 3. The lowest BCUT2D eigenvalue weighted by Crippen LogP contribution is -2.26. The fourth-order valence-corrected chi connectivity index (χ4v) is 3.49. The third kappa shape index (κ3) is 4.09. The number of aromatic nitrogens is 1. The van der Waals surface area contributed by atoms with Crippen molar-refractivity contribution >= 4 is 17.2 Å². The van der Waals surface area contributed by atoms with Crippen molar-refractivity contribution in [3.8, 4) is 10.6 Å². The summed E-state index contributed by atoms with van der Waals surface area (Å²) in [6.07, 6.45) is 0.582. The van der Waals surface area contributed by atoms with Crippen molar-refractivity contribution in [3.05, 3.63) is 76.3 Å². The Hall–Kier alpha value is -2.60. The van der Waals surface area contributed by atoms with Gasteiger partial charge < -0.3 is 5.32 Å². The van der Waals surface area contributed by atoms with E-state index in [9.17, 15) is 13.6 Å². The third-order valence-electron chi connectivity index (χ3n) is 3.72. The maximum atomic E-state index is 13.6. The van der Waals surface area contributed by atoms with Gasteiger partial charge in [-0.25, -0.2) is 13.8 Å². The highest BCUT2D eigenvalue weighted by atomic mass is 32.1. The lowest BCUT2D eigenvalue weighted by molar-refractivity contribution is 0.0950. The van der Waals surface area contributed by atoms with E-state index in [0.717, 1.165) is 21.1 Å². The predicted octanol–water partition coefficient (Wildman–Crippen LogP) is 4.37. The third-order valence-corrected chi connectivity index (χ3v) is 4.99. The molecule has 0 bridgehead atoms. The highest BCUT2D eigenvalue weighted by Gasteiger charge is 2.12. The minimum Gasteiger partial charge on any atom is -0.352 e. The van der Waals surface area contributed by atoms with Crippen LogP contribution in [0, 0.1) is 18.6 Å². The highest BCUT2D eigenvalue weighted by Crippen LogP contribution is 2.28. The van der Waals surface area contributed by atoms with E-state index in [1.165, 1.54) is 35.6 Å². The molecule has 0 aliphatic heterocycles. The van der Waals surface area contributed by atoms with Gasteiger partial charge >= 0.3 is 0 Å². The van der Waals surface area contributed by atoms with Crippen LogP contribution in [0.1, 0.15) is 20.9 Å². The van der Waals surface area contributed by atoms with E-state index >= 15 is 0 Å². The van der Waals surface area contributed by atoms with Gasteiger partial charge in [0.2, 0.25) is 0 Å². The van der Waals surface area contributed by atoms with E-state index in [0.29, 0.717) is 13.0 Å². The van der Waals surface area contributed by atoms with Crippen molar-refractivity contribution in [1.82, 2.24) is 10.3 Å². The molecule has 0 aliphatic carbocycles. The van der Waals surface area contributed by atoms with Crippen LogP contribution in [0.3, 0.4) is 0 Å². The number of aryl methyl sites for hydroxylation is 1. The van der Waals surface area contributed by atoms with Crippen molar-refractivity contribution in [2.45, 2.75) is 13.3 Å². The normalized spacial score (nSPS) is 10.7. The molecule has 1 N–H and O–H groups in total. The smallest absolute Gasteiger partial charge is 0.254 e. The second kappa shape index (κ2) is 7.53. The predicted molar refractivity (Wildman–Crippen MR) is 94.7 cm³/mol. The van der Waals surface area contributed by atoms with Crippen LogP contribution in [-0.2, 0) is 6.42 Å². The zero-order valence-corrected chi connectivity index (χ0v) is 14.4. The van der Waals surface area contributed by atoms with E-state index < -0.39 is 11.7 Å². The first-order chi connectivity index (χ1) is 12.0. The van der Waals surface area contributed by atoms with Crippen molar-refractivity contribution < 1.29 is 13.6 Å². The molecule has 6 heteroatoms. The van der Waals surface area contributed by atoms with Crippen LogP contribution in [0.2, 0.25) is 0 Å². The lowest BCUT2D eigenvalue weighted by atomic mass is 10.2. The molecule has 1 amide bonds. The Balaban J connectivity index is 1.64. The Morgan fingerprint density at radius 1 is 1.16 bits per heavy atom. The fourth-order valence-electron chi connectivity index (χ4n) is 2.44. The molecule has 3 aromatic rings. The number of nitrogens with zero attached hydrogens (tertiary/aromatic N) is 1. The van der Waals surface area contributed by atoms with Gasteiger partial charge in [0.15, 0.2) is 0 Å². The second-order valence-electron chi connectivity index (χ2n) is 5.52. The molecular formula is C19H16F2N2OS. The van der Waals surface area contributed by atoms with Gasteiger partial charge in [-0.1, -0.05) is 24.3 Å². The summed E-state index contributed by atoms with van der Waals surface area (Å²) < 4.78 is 26.9. The van der Waals surface area contributed by atoms with Gasteiger partial charge in [0.25, 0.3) is 5.91 Å². The van der Waals surface area contributed by atoms with Crippen LogP contribution in [0.25, 0.3) is 10.6 Å². The molecule has 0 radical (unpaired) electrons. The lowest BCUT2D eigenvalue weighted by Gasteiger charge is -2.05. The molecular weight excluding hydrogens is 342 g/mol. The average molecular weight is 358 g/mol. The number of carbonyl (C=O) groups excluding carboxylic acids is 1. The molecule has 0 unspecified atom stereocenters. The SMILES string of the molecule is Cc1nc(-c2cccc(F)c2)sc1CCNC(=O)c1ccccc1F. The van der Waals surface area contributed by atoms with Crippen molar-refractivity contribution in [3.63, 3.8) is 0 Å². The summed E-state index contributed by atoms with van der Waals surface area (Å²) in [5.41, 5.74) is 1.61. The molecule has 128 valence electrons. The maximum absolute atomic E-state index is 13.6. The number of hydrogen-bond donors (Lipinski definition) is 1. The molecule has 3 nitrogen and oxygen atoms in total. The molecule has 0 aliphatic rings. The number of rotatable bonds is 5. The molecule has 1 aromatic heterocycles. The van der Waals surface area contributed by atoms with Crippen LogP contribution >= 0.6 is 11.3 Å². The largest absolute Gasteiger partial charge is 0.352 e. The van der Waals surface area contributed by atoms with E-state index in [4.69, 9.17) is 0 Å². The molecule has 2 aromatic carbocycles. The Bertz CT molecular complexity index is 908. The first kappa shape index (κ1) is 17.2. The summed E-state index contributed by atoms with van der Waals surface area (Å²) in [6.45, 7) is 2.26. The van der Waals surface area contributed by atoms with E-state index in [-0.39, 0.29) is 11.4 Å². The van der Waals surface area contributed by atoms with Gasteiger partial charge in [0.1, 0.15) is 16.6 Å². The van der Waals surface area contributed by atoms with Crippen LogP contribution < -0.4 is 5.32 Å². The monoisotopic (exact) mass is 358 g/mol. The van der Waals surface area contributed by atoms with Gasteiger partial charge in [-0.05, 0) is 31.2 Å². The van der Waals surface area contributed by atoms with E-state index in [1.807, 2.05) is 13.0 Å². The first-order valence-electron chi connectivity index (χ1n) is 7.79. The molecule has 1 heterocycles. The second-order valence-corrected chi connectivity index (χ2v) is 6.61. The van der Waals surface area contributed by atoms with Gasteiger partial charge in [-0.3, -0.25) is 4.79 Å². The molecule has 0 saturated heterocycles. The van der Waals surface area contributed by atoms with Crippen LogP contribution in [0.15, 0.2) is 48.5 Å². The summed E-state index contributed by atoms with van der Waals surface area (Å²) in [6, 6.07) is 12.2. The zero-order valence-electron chi connectivity index (χ0n) is 13.6. The molecule has 0 spiro atoms. The van der Waals surface area contributed by atoms with Gasteiger partial charge in [0.05, 0.1) is 11.3 Å². The highest BCUT2D eigenvalue weighted by molar-refractivity contribution is 7.15. The molecule has 25 heavy (non-hydrogen) atoms. The number of nitrogens with one attached hydrogen (secondary N) is 1. The quantitative estimate of drug-likeness (QED) is 0.736. The van der Waals surface area contributed by atoms with Crippen LogP contribution in [0.5, 0.6) is 0 Å². The topological polar surface area (TPSA) is 42.0 Å². The maximum Gasteiger partial charge on any atom is 0.254 e. The molecule has 3 rings (SSSR count). The molecule has 0 fully saturated rings. The standard InChI is InChI=1S/C19H16F2N2OS/c1-12-17(25-19(23-12)13-5-4-6-14(20)11-13)9-10-22-18(24)15-7-2-3-8-16(15)21/h2-8,11H,9-10H2,1H3,(H,22,24). The number of amides is 1. The first-order valence-corrected chi connectivity index (χ1v) is 8.61. The summed E-state index contributed by atoms with van der Waals surface area (Å²) >= 11 is 1.47. The average Bonchev–Trinajstić information content (AvgIpc) is 2.96. The Morgan fingerprint density at radius 2 is 1.96 bits per heavy atom. The minimum atomic E-state index is -0.539. The van der Waals surface area contributed by atoms with E-state index in [2.05, 4.69) is 10.3 Å². The summed E-state index contributed by atoms with van der Waals surface area (Å²) in [4.78, 5) is 17.5. The fraction of sp³-hybridized carbons (Fsp3) is 0.158. The summed E-state index contributed by atoms with van der Waals surface area (Å²) in [5, 5.41) is 3.46. The Morgan fingerprint density at radius 3 is 2.72 bits per heavy atom.